The van der Waals surface area contributed by atoms with Gasteiger partial charge in [0, 0.05) is 12.6 Å². The molecular formula is C12H16N2O6S. The van der Waals surface area contributed by atoms with Crippen LogP contribution >= 0.6 is 0 Å². The van der Waals surface area contributed by atoms with Gasteiger partial charge in [0.1, 0.15) is 4.90 Å². The first-order chi connectivity index (χ1) is 9.95. The Balaban J connectivity index is 2.18. The van der Waals surface area contributed by atoms with Gasteiger partial charge in [0.05, 0.1) is 26.0 Å². The number of carbonyl (C=O) groups is 1. The van der Waals surface area contributed by atoms with Crippen molar-refractivity contribution in [3.63, 3.8) is 0 Å². The zero-order valence-corrected chi connectivity index (χ0v) is 12.2. The summed E-state index contributed by atoms with van der Waals surface area (Å²) in [5.74, 6) is -0.846. The van der Waals surface area contributed by atoms with E-state index >= 15 is 0 Å². The van der Waals surface area contributed by atoms with Crippen LogP contribution in [0.2, 0.25) is 0 Å². The number of nitrogens with zero attached hydrogens (tertiary/aromatic N) is 2. The summed E-state index contributed by atoms with van der Waals surface area (Å²) in [4.78, 5) is 14.8. The Morgan fingerprint density at radius 2 is 2.33 bits per heavy atom. The number of aromatic nitrogens is 1. The molecule has 1 unspecified atom stereocenters. The number of hydrogen-bond donors (Lipinski definition) is 1. The zero-order chi connectivity index (χ0) is 15.5. The van der Waals surface area contributed by atoms with Gasteiger partial charge in [-0.3, -0.25) is 0 Å². The molecule has 0 bridgehead atoms. The smallest absolute Gasteiger partial charge is 0.334 e. The highest BCUT2D eigenvalue weighted by Crippen LogP contribution is 2.19. The maximum absolute atomic E-state index is 12.4. The molecule has 2 heterocycles. The van der Waals surface area contributed by atoms with Gasteiger partial charge in [-0.2, -0.15) is 4.31 Å². The Bertz CT molecular complexity index is 601. The molecule has 1 aromatic rings. The number of carboxylic acids is 1. The largest absolute Gasteiger partial charge is 0.479 e. The summed E-state index contributed by atoms with van der Waals surface area (Å²) in [5, 5.41) is 8.91. The highest BCUT2D eigenvalue weighted by molar-refractivity contribution is 7.89. The predicted molar refractivity (Wildman–Crippen MR) is 71.5 cm³/mol. The van der Waals surface area contributed by atoms with E-state index < -0.39 is 22.1 Å². The molecule has 1 aliphatic rings. The lowest BCUT2D eigenvalue weighted by Crippen LogP contribution is -2.48. The first-order valence-electron chi connectivity index (χ1n) is 6.38. The van der Waals surface area contributed by atoms with Crippen molar-refractivity contribution < 1.29 is 27.8 Å². The summed E-state index contributed by atoms with van der Waals surface area (Å²) in [6.45, 7) is 2.17. The van der Waals surface area contributed by atoms with Crippen molar-refractivity contribution >= 4 is 16.0 Å². The third-order valence-corrected chi connectivity index (χ3v) is 4.79. The monoisotopic (exact) mass is 316 g/mol. The molecule has 8 nitrogen and oxygen atoms in total. The van der Waals surface area contributed by atoms with Gasteiger partial charge in [0.25, 0.3) is 0 Å². The third kappa shape index (κ3) is 3.49. The van der Waals surface area contributed by atoms with Crippen molar-refractivity contribution in [1.82, 2.24) is 9.29 Å². The van der Waals surface area contributed by atoms with Gasteiger partial charge in [-0.25, -0.2) is 18.2 Å². The maximum Gasteiger partial charge on any atom is 0.334 e. The lowest BCUT2D eigenvalue weighted by Gasteiger charge is -2.29. The number of rotatable bonds is 5. The number of pyridine rings is 1. The fourth-order valence-electron chi connectivity index (χ4n) is 1.90. The Morgan fingerprint density at radius 1 is 1.57 bits per heavy atom. The van der Waals surface area contributed by atoms with Crippen molar-refractivity contribution in [1.29, 1.82) is 0 Å². The van der Waals surface area contributed by atoms with E-state index in [-0.39, 0.29) is 24.6 Å². The molecule has 0 aromatic carbocycles. The van der Waals surface area contributed by atoms with Gasteiger partial charge in [-0.05, 0) is 13.0 Å². The highest BCUT2D eigenvalue weighted by Gasteiger charge is 2.34. The van der Waals surface area contributed by atoms with E-state index in [1.165, 1.54) is 18.3 Å². The first kappa shape index (κ1) is 15.7. The van der Waals surface area contributed by atoms with E-state index in [1.54, 1.807) is 6.92 Å². The van der Waals surface area contributed by atoms with Crippen LogP contribution in [0.1, 0.15) is 6.92 Å². The number of sulfonamides is 1. The molecule has 0 saturated carbocycles. The second-order valence-electron chi connectivity index (χ2n) is 4.33. The van der Waals surface area contributed by atoms with E-state index in [2.05, 4.69) is 4.98 Å². The average molecular weight is 316 g/mol. The number of hydrogen-bond acceptors (Lipinski definition) is 6. The van der Waals surface area contributed by atoms with E-state index in [4.69, 9.17) is 14.6 Å². The van der Waals surface area contributed by atoms with Crippen molar-refractivity contribution in [2.45, 2.75) is 17.9 Å². The summed E-state index contributed by atoms with van der Waals surface area (Å²) in [6.07, 6.45) is 0.0511. The van der Waals surface area contributed by atoms with Crippen LogP contribution in [0.3, 0.4) is 0 Å². The molecule has 116 valence electrons. The normalized spacial score (nSPS) is 20.1. The minimum atomic E-state index is -3.79. The Kier molecular flexibility index (Phi) is 4.76. The number of aliphatic carboxylic acids is 1. The van der Waals surface area contributed by atoms with E-state index in [0.717, 1.165) is 4.31 Å². The summed E-state index contributed by atoms with van der Waals surface area (Å²) < 4.78 is 36.1. The first-order valence-corrected chi connectivity index (χ1v) is 7.82. The van der Waals surface area contributed by atoms with Crippen molar-refractivity contribution in [2.75, 3.05) is 26.3 Å². The van der Waals surface area contributed by atoms with Crippen molar-refractivity contribution in [3.05, 3.63) is 18.3 Å². The lowest BCUT2D eigenvalue weighted by molar-refractivity contribution is -0.153. The molecule has 0 spiro atoms. The molecule has 1 saturated heterocycles. The van der Waals surface area contributed by atoms with Gasteiger partial charge in [-0.1, -0.05) is 0 Å². The van der Waals surface area contributed by atoms with E-state index in [9.17, 15) is 13.2 Å². The zero-order valence-electron chi connectivity index (χ0n) is 11.4. The number of morpholine rings is 1. The topological polar surface area (TPSA) is 106 Å². The molecule has 2 rings (SSSR count). The number of carboxylic acid groups (broad SMARTS) is 1. The summed E-state index contributed by atoms with van der Waals surface area (Å²) in [6, 6.07) is 2.85. The summed E-state index contributed by atoms with van der Waals surface area (Å²) >= 11 is 0. The Morgan fingerprint density at radius 3 is 2.90 bits per heavy atom. The van der Waals surface area contributed by atoms with Crippen LogP contribution < -0.4 is 4.74 Å². The molecule has 0 amide bonds. The molecule has 1 N–H and O–H groups in total. The van der Waals surface area contributed by atoms with Gasteiger partial charge >= 0.3 is 5.97 Å². The molecule has 1 atom stereocenters. The SMILES string of the molecule is CCOc1ccc(S(=O)(=O)N2CCOC(C(=O)O)C2)cn1. The van der Waals surface area contributed by atoms with Crippen molar-refractivity contribution in [3.8, 4) is 5.88 Å². The van der Waals surface area contributed by atoms with Crippen molar-refractivity contribution in [2.24, 2.45) is 0 Å². The molecule has 0 aliphatic carbocycles. The Hall–Kier alpha value is -1.71. The molecular weight excluding hydrogens is 300 g/mol. The molecule has 1 aliphatic heterocycles. The fourth-order valence-corrected chi connectivity index (χ4v) is 3.27. The van der Waals surface area contributed by atoms with Gasteiger partial charge < -0.3 is 14.6 Å². The standard InChI is InChI=1S/C12H16N2O6S/c1-2-19-11-4-3-9(7-13-11)21(17,18)14-5-6-20-10(8-14)12(15)16/h3-4,7,10H,2,5-6,8H2,1H3,(H,15,16). The van der Waals surface area contributed by atoms with Crippen LogP contribution in [-0.2, 0) is 19.6 Å². The summed E-state index contributed by atoms with van der Waals surface area (Å²) in [7, 11) is -3.79. The molecule has 1 fully saturated rings. The van der Waals surface area contributed by atoms with E-state index in [1.807, 2.05) is 0 Å². The van der Waals surface area contributed by atoms with Gasteiger partial charge in [-0.15, -0.1) is 0 Å². The van der Waals surface area contributed by atoms with Gasteiger partial charge in [0.2, 0.25) is 15.9 Å². The maximum atomic E-state index is 12.4. The van der Waals surface area contributed by atoms with Gasteiger partial charge in [0.15, 0.2) is 6.10 Å². The molecule has 9 heteroatoms. The molecule has 0 radical (unpaired) electrons. The lowest BCUT2D eigenvalue weighted by atomic mass is 10.3. The van der Waals surface area contributed by atoms with Crippen LogP contribution in [0.15, 0.2) is 23.2 Å². The van der Waals surface area contributed by atoms with Crippen LogP contribution in [0, 0.1) is 0 Å². The molecule has 1 aromatic heterocycles. The third-order valence-electron chi connectivity index (χ3n) is 2.94. The quantitative estimate of drug-likeness (QED) is 0.812. The minimum Gasteiger partial charge on any atom is -0.479 e. The van der Waals surface area contributed by atoms with Crippen LogP contribution in [0.5, 0.6) is 5.88 Å². The minimum absolute atomic E-state index is 0.00279. The predicted octanol–water partition coefficient (Wildman–Crippen LogP) is -0.0456. The second-order valence-corrected chi connectivity index (χ2v) is 6.26. The van der Waals surface area contributed by atoms with Crippen LogP contribution in [0.25, 0.3) is 0 Å². The number of ether oxygens (including phenoxy) is 2. The summed E-state index contributed by atoms with van der Waals surface area (Å²) in [5.41, 5.74) is 0. The highest BCUT2D eigenvalue weighted by atomic mass is 32.2. The fraction of sp³-hybridized carbons (Fsp3) is 0.500. The molecule has 21 heavy (non-hydrogen) atoms. The second kappa shape index (κ2) is 6.37. The average Bonchev–Trinajstić information content (AvgIpc) is 2.48. The van der Waals surface area contributed by atoms with Crippen LogP contribution in [-0.4, -0.2) is 61.2 Å². The van der Waals surface area contributed by atoms with E-state index in [0.29, 0.717) is 12.5 Å². The van der Waals surface area contributed by atoms with Crippen LogP contribution in [0.4, 0.5) is 0 Å². The Labute approximate surface area is 122 Å².